The maximum Gasteiger partial charge on any atom is 0.266 e. The number of benzene rings is 2. The van der Waals surface area contributed by atoms with Crippen molar-refractivity contribution in [1.82, 2.24) is 19.7 Å². The Morgan fingerprint density at radius 2 is 1.71 bits per heavy atom. The molecule has 2 heterocycles. The van der Waals surface area contributed by atoms with Crippen LogP contribution >= 0.6 is 0 Å². The molecule has 0 aliphatic heterocycles. The second-order valence-corrected chi connectivity index (χ2v) is 8.65. The van der Waals surface area contributed by atoms with E-state index in [1.165, 1.54) is 17.1 Å². The van der Waals surface area contributed by atoms with Gasteiger partial charge in [-0.15, -0.1) is 0 Å². The van der Waals surface area contributed by atoms with Crippen LogP contribution in [0, 0.1) is 0 Å². The molecule has 0 bridgehead atoms. The third kappa shape index (κ3) is 4.65. The van der Waals surface area contributed by atoms with E-state index in [0.29, 0.717) is 23.4 Å². The molecule has 0 radical (unpaired) electrons. The van der Waals surface area contributed by atoms with E-state index in [1.807, 2.05) is 48.5 Å². The topological polar surface area (TPSA) is 113 Å². The molecular weight excluding hydrogens is 416 g/mol. The van der Waals surface area contributed by atoms with Crippen molar-refractivity contribution in [2.45, 2.75) is 11.4 Å². The summed E-state index contributed by atoms with van der Waals surface area (Å²) in [5.41, 5.74) is 2.17. The van der Waals surface area contributed by atoms with Gasteiger partial charge < -0.3 is 10.0 Å². The van der Waals surface area contributed by atoms with Gasteiger partial charge in [0, 0.05) is 26.3 Å². The molecule has 9 nitrogen and oxygen atoms in total. The number of aliphatic hydroxyl groups excluding tert-OH is 1. The predicted molar refractivity (Wildman–Crippen MR) is 118 cm³/mol. The lowest BCUT2D eigenvalue weighted by atomic mass is 10.2. The van der Waals surface area contributed by atoms with E-state index < -0.39 is 10.0 Å². The summed E-state index contributed by atoms with van der Waals surface area (Å²) in [6, 6.07) is 16.9. The molecule has 4 rings (SSSR count). The van der Waals surface area contributed by atoms with Gasteiger partial charge in [-0.3, -0.25) is 9.40 Å². The van der Waals surface area contributed by atoms with Crippen LogP contribution in [-0.4, -0.2) is 46.4 Å². The van der Waals surface area contributed by atoms with E-state index in [-0.39, 0.29) is 23.9 Å². The molecule has 4 aromatic rings. The van der Waals surface area contributed by atoms with Crippen molar-refractivity contribution in [3.05, 3.63) is 72.6 Å². The highest BCUT2D eigenvalue weighted by Crippen LogP contribution is 2.28. The summed E-state index contributed by atoms with van der Waals surface area (Å²) in [6.45, 7) is 0.551. The molecule has 31 heavy (non-hydrogen) atoms. The first-order valence-electron chi connectivity index (χ1n) is 9.64. The smallest absolute Gasteiger partial charge is 0.266 e. The summed E-state index contributed by atoms with van der Waals surface area (Å²) in [5, 5.41) is 13.6. The molecule has 2 aromatic heterocycles. The molecule has 0 amide bonds. The number of hydrogen-bond acceptors (Lipinski definition) is 7. The Morgan fingerprint density at radius 1 is 1.03 bits per heavy atom. The molecule has 0 aliphatic carbocycles. The van der Waals surface area contributed by atoms with Gasteiger partial charge in [0.15, 0.2) is 11.6 Å². The fourth-order valence-corrected chi connectivity index (χ4v) is 4.17. The lowest BCUT2D eigenvalue weighted by molar-refractivity contribution is 0.301. The molecule has 2 aromatic carbocycles. The highest BCUT2D eigenvalue weighted by molar-refractivity contribution is 7.92. The monoisotopic (exact) mass is 438 g/mol. The number of sulfonamides is 1. The zero-order valence-electron chi connectivity index (χ0n) is 16.9. The molecule has 0 fully saturated rings. The maximum atomic E-state index is 12.9. The number of nitrogens with one attached hydrogen (secondary N) is 1. The minimum Gasteiger partial charge on any atom is -0.395 e. The molecule has 0 saturated carbocycles. The normalized spacial score (nSPS) is 11.5. The van der Waals surface area contributed by atoms with Crippen molar-refractivity contribution < 1.29 is 13.5 Å². The molecule has 0 saturated heterocycles. The predicted octanol–water partition coefficient (Wildman–Crippen LogP) is 2.16. The van der Waals surface area contributed by atoms with E-state index in [1.54, 1.807) is 18.0 Å². The first-order chi connectivity index (χ1) is 15.0. The minimum atomic E-state index is -3.93. The fourth-order valence-electron chi connectivity index (χ4n) is 3.19. The van der Waals surface area contributed by atoms with Crippen molar-refractivity contribution in [1.29, 1.82) is 0 Å². The summed E-state index contributed by atoms with van der Waals surface area (Å²) >= 11 is 0. The quantitative estimate of drug-likeness (QED) is 0.433. The van der Waals surface area contributed by atoms with Crippen molar-refractivity contribution >= 4 is 32.7 Å². The van der Waals surface area contributed by atoms with Gasteiger partial charge in [-0.05, 0) is 17.7 Å². The van der Waals surface area contributed by atoms with Crippen molar-refractivity contribution in [2.24, 2.45) is 7.05 Å². The maximum absolute atomic E-state index is 12.9. The van der Waals surface area contributed by atoms with Gasteiger partial charge in [-0.25, -0.2) is 18.4 Å². The number of nitrogens with zero attached hydrogens (tertiary/aromatic N) is 5. The summed E-state index contributed by atoms with van der Waals surface area (Å²) in [6.07, 6.45) is 2.68. The first kappa shape index (κ1) is 20.8. The van der Waals surface area contributed by atoms with Gasteiger partial charge in [-0.1, -0.05) is 42.5 Å². The number of anilines is 2. The first-order valence-corrected chi connectivity index (χ1v) is 11.1. The average molecular weight is 439 g/mol. The Morgan fingerprint density at radius 3 is 2.35 bits per heavy atom. The van der Waals surface area contributed by atoms with Crippen LogP contribution in [0.4, 0.5) is 11.6 Å². The molecule has 0 unspecified atom stereocenters. The SMILES string of the molecule is Cn1cc(S(=O)(=O)Nc2nc3ccccc3nc2N(CCO)Cc2ccccc2)cn1. The molecule has 160 valence electrons. The van der Waals surface area contributed by atoms with Gasteiger partial charge in [-0.2, -0.15) is 5.10 Å². The standard InChI is InChI=1S/C21H22N6O3S/c1-26-15-17(13-22-26)31(29,30)25-20-21(24-19-10-6-5-9-18(19)23-20)27(11-12-28)14-16-7-3-2-4-8-16/h2-10,13,15,28H,11-12,14H2,1H3,(H,23,25). The van der Waals surface area contributed by atoms with Gasteiger partial charge in [0.1, 0.15) is 4.90 Å². The fraction of sp³-hybridized carbons (Fsp3) is 0.190. The van der Waals surface area contributed by atoms with Crippen LogP contribution in [0.1, 0.15) is 5.56 Å². The molecule has 2 N–H and O–H groups in total. The van der Waals surface area contributed by atoms with Crippen LogP contribution in [0.5, 0.6) is 0 Å². The number of aromatic nitrogens is 4. The molecule has 0 aliphatic rings. The van der Waals surface area contributed by atoms with E-state index in [4.69, 9.17) is 0 Å². The number of para-hydroxylation sites is 2. The molecule has 0 atom stereocenters. The van der Waals surface area contributed by atoms with Gasteiger partial charge in [0.2, 0.25) is 0 Å². The number of hydrogen-bond donors (Lipinski definition) is 2. The Kier molecular flexibility index (Phi) is 5.83. The average Bonchev–Trinajstić information content (AvgIpc) is 3.21. The Bertz CT molecular complexity index is 1290. The summed E-state index contributed by atoms with van der Waals surface area (Å²) in [7, 11) is -2.29. The highest BCUT2D eigenvalue weighted by Gasteiger charge is 2.23. The Labute approximate surface area is 180 Å². The highest BCUT2D eigenvalue weighted by atomic mass is 32.2. The van der Waals surface area contributed by atoms with Crippen LogP contribution < -0.4 is 9.62 Å². The third-order valence-electron chi connectivity index (χ3n) is 4.66. The van der Waals surface area contributed by atoms with Crippen LogP contribution in [-0.2, 0) is 23.6 Å². The number of aliphatic hydroxyl groups is 1. The molecule has 0 spiro atoms. The summed E-state index contributed by atoms with van der Waals surface area (Å²) < 4.78 is 29.9. The molecular formula is C21H22N6O3S. The number of fused-ring (bicyclic) bond motifs is 1. The Hall–Kier alpha value is -3.50. The summed E-state index contributed by atoms with van der Waals surface area (Å²) in [5.74, 6) is 0.427. The lowest BCUT2D eigenvalue weighted by Gasteiger charge is -2.25. The third-order valence-corrected chi connectivity index (χ3v) is 5.95. The van der Waals surface area contributed by atoms with E-state index in [9.17, 15) is 13.5 Å². The second-order valence-electron chi connectivity index (χ2n) is 6.97. The van der Waals surface area contributed by atoms with Crippen LogP contribution in [0.25, 0.3) is 11.0 Å². The van der Waals surface area contributed by atoms with Crippen molar-refractivity contribution in [2.75, 3.05) is 22.8 Å². The second kappa shape index (κ2) is 8.70. The van der Waals surface area contributed by atoms with Crippen LogP contribution in [0.3, 0.4) is 0 Å². The van der Waals surface area contributed by atoms with Gasteiger partial charge in [0.05, 0.1) is 23.8 Å². The lowest BCUT2D eigenvalue weighted by Crippen LogP contribution is -2.29. The molecule has 10 heteroatoms. The number of aryl methyl sites for hydroxylation is 1. The van der Waals surface area contributed by atoms with E-state index >= 15 is 0 Å². The summed E-state index contributed by atoms with van der Waals surface area (Å²) in [4.78, 5) is 11.0. The van der Waals surface area contributed by atoms with E-state index in [2.05, 4.69) is 19.8 Å². The van der Waals surface area contributed by atoms with Crippen molar-refractivity contribution in [3.8, 4) is 0 Å². The largest absolute Gasteiger partial charge is 0.395 e. The van der Waals surface area contributed by atoms with Gasteiger partial charge in [0.25, 0.3) is 10.0 Å². The van der Waals surface area contributed by atoms with Crippen LogP contribution in [0.2, 0.25) is 0 Å². The minimum absolute atomic E-state index is 0.0210. The van der Waals surface area contributed by atoms with Crippen LogP contribution in [0.15, 0.2) is 71.9 Å². The zero-order valence-corrected chi connectivity index (χ0v) is 17.7. The van der Waals surface area contributed by atoms with E-state index in [0.717, 1.165) is 5.56 Å². The zero-order chi connectivity index (χ0) is 21.8. The van der Waals surface area contributed by atoms with Crippen molar-refractivity contribution in [3.63, 3.8) is 0 Å². The van der Waals surface area contributed by atoms with Gasteiger partial charge >= 0.3 is 0 Å². The number of rotatable bonds is 8. The Balaban J connectivity index is 1.80.